The number of fused-ring (bicyclic) bond motifs is 1. The molecule has 4 heterocycles. The Morgan fingerprint density at radius 1 is 1.36 bits per heavy atom. The number of H-pyrrole nitrogens is 1. The first-order chi connectivity index (χ1) is 10.7. The van der Waals surface area contributed by atoms with Gasteiger partial charge in [-0.1, -0.05) is 0 Å². The molecule has 0 aromatic carbocycles. The zero-order chi connectivity index (χ0) is 15.1. The highest BCUT2D eigenvalue weighted by Crippen LogP contribution is 2.27. The Bertz CT molecular complexity index is 709. The third-order valence-electron chi connectivity index (χ3n) is 4.36. The summed E-state index contributed by atoms with van der Waals surface area (Å²) in [6.07, 6.45) is 4.03. The Morgan fingerprint density at radius 3 is 3.05 bits per heavy atom. The molecule has 2 aromatic rings. The first-order valence-electron chi connectivity index (χ1n) is 7.38. The number of aromatic amines is 1. The fraction of sp³-hybridized carbons (Fsp3) is 0.400. The molecule has 114 valence electrons. The number of amides is 1. The van der Waals surface area contributed by atoms with Gasteiger partial charge < -0.3 is 14.8 Å². The molecule has 22 heavy (non-hydrogen) atoms. The van der Waals surface area contributed by atoms with E-state index in [2.05, 4.69) is 15.0 Å². The molecule has 1 saturated heterocycles. The van der Waals surface area contributed by atoms with Crippen LogP contribution in [-0.4, -0.2) is 45.4 Å². The maximum atomic E-state index is 13.7. The molecule has 0 aliphatic carbocycles. The summed E-state index contributed by atoms with van der Waals surface area (Å²) in [7, 11) is 0. The smallest absolute Gasteiger partial charge is 0.229 e. The van der Waals surface area contributed by atoms with Gasteiger partial charge in [0.05, 0.1) is 30.2 Å². The summed E-state index contributed by atoms with van der Waals surface area (Å²) in [5.74, 6) is 0.0493. The van der Waals surface area contributed by atoms with Gasteiger partial charge in [0, 0.05) is 32.3 Å². The molecule has 0 spiro atoms. The molecule has 1 amide bonds. The lowest BCUT2D eigenvalue weighted by Gasteiger charge is -2.41. The quantitative estimate of drug-likeness (QED) is 0.897. The lowest BCUT2D eigenvalue weighted by Crippen LogP contribution is -2.55. The first-order valence-corrected chi connectivity index (χ1v) is 7.38. The Kier molecular flexibility index (Phi) is 3.06. The highest BCUT2D eigenvalue weighted by atomic mass is 19.1. The second-order valence-corrected chi connectivity index (χ2v) is 5.75. The fourth-order valence-corrected chi connectivity index (χ4v) is 3.08. The van der Waals surface area contributed by atoms with Gasteiger partial charge in [-0.2, -0.15) is 0 Å². The van der Waals surface area contributed by atoms with E-state index in [-0.39, 0.29) is 17.6 Å². The monoisotopic (exact) mass is 301 g/mol. The van der Waals surface area contributed by atoms with E-state index in [0.29, 0.717) is 32.0 Å². The van der Waals surface area contributed by atoms with E-state index < -0.39 is 0 Å². The van der Waals surface area contributed by atoms with Gasteiger partial charge in [0.2, 0.25) is 5.91 Å². The minimum absolute atomic E-state index is 0.0779. The van der Waals surface area contributed by atoms with Crippen molar-refractivity contribution in [3.8, 4) is 0 Å². The van der Waals surface area contributed by atoms with Gasteiger partial charge in [0.25, 0.3) is 0 Å². The molecule has 1 fully saturated rings. The summed E-state index contributed by atoms with van der Waals surface area (Å²) < 4.78 is 13.7. The highest BCUT2D eigenvalue weighted by Gasteiger charge is 2.38. The summed E-state index contributed by atoms with van der Waals surface area (Å²) >= 11 is 0. The van der Waals surface area contributed by atoms with Crippen molar-refractivity contribution in [1.82, 2.24) is 19.9 Å². The van der Waals surface area contributed by atoms with Crippen molar-refractivity contribution in [2.24, 2.45) is 5.92 Å². The van der Waals surface area contributed by atoms with Gasteiger partial charge in [-0.05, 0) is 12.1 Å². The molecule has 0 atom stereocenters. The molecule has 4 rings (SSSR count). The number of nitrogens with zero attached hydrogens (tertiary/aromatic N) is 4. The topological polar surface area (TPSA) is 65.1 Å². The number of aromatic nitrogens is 3. The Morgan fingerprint density at radius 2 is 2.23 bits per heavy atom. The lowest BCUT2D eigenvalue weighted by atomic mass is 9.97. The number of nitrogens with one attached hydrogen (secondary N) is 1. The van der Waals surface area contributed by atoms with Crippen molar-refractivity contribution in [3.05, 3.63) is 41.9 Å². The Hall–Kier alpha value is -2.44. The van der Waals surface area contributed by atoms with Crippen LogP contribution in [0.2, 0.25) is 0 Å². The predicted molar refractivity (Wildman–Crippen MR) is 77.6 cm³/mol. The van der Waals surface area contributed by atoms with E-state index >= 15 is 0 Å². The molecule has 7 heteroatoms. The van der Waals surface area contributed by atoms with Crippen LogP contribution in [0.25, 0.3) is 0 Å². The number of halogens is 1. The van der Waals surface area contributed by atoms with E-state index in [9.17, 15) is 9.18 Å². The summed E-state index contributed by atoms with van der Waals surface area (Å²) in [6, 6.07) is 2.96. The van der Waals surface area contributed by atoms with Crippen LogP contribution in [0, 0.1) is 11.7 Å². The van der Waals surface area contributed by atoms with Crippen molar-refractivity contribution in [2.75, 3.05) is 24.5 Å². The van der Waals surface area contributed by atoms with E-state index in [0.717, 1.165) is 17.8 Å². The van der Waals surface area contributed by atoms with Crippen LogP contribution >= 0.6 is 0 Å². The first kappa shape index (κ1) is 13.2. The molecule has 0 radical (unpaired) electrons. The minimum Gasteiger partial charge on any atom is -0.352 e. The van der Waals surface area contributed by atoms with Crippen LogP contribution in [0.3, 0.4) is 0 Å². The number of imidazole rings is 1. The standard InChI is InChI=1S/C15H16FN5O/c16-11-2-1-4-17-14(11)21-6-10(7-21)15(22)20-5-3-12-13(8-20)19-9-18-12/h1-2,4,9-10H,3,5-8H2,(H,18,19). The normalized spacial score (nSPS) is 18.0. The third kappa shape index (κ3) is 2.13. The highest BCUT2D eigenvalue weighted by molar-refractivity contribution is 5.82. The van der Waals surface area contributed by atoms with Crippen molar-refractivity contribution in [2.45, 2.75) is 13.0 Å². The third-order valence-corrected chi connectivity index (χ3v) is 4.36. The van der Waals surface area contributed by atoms with Crippen LogP contribution in [0.15, 0.2) is 24.7 Å². The molecule has 0 saturated carbocycles. The van der Waals surface area contributed by atoms with Crippen LogP contribution in [0.5, 0.6) is 0 Å². The number of pyridine rings is 1. The summed E-state index contributed by atoms with van der Waals surface area (Å²) in [6.45, 7) is 2.34. The maximum Gasteiger partial charge on any atom is 0.229 e. The number of anilines is 1. The maximum absolute atomic E-state index is 13.7. The summed E-state index contributed by atoms with van der Waals surface area (Å²) in [5.41, 5.74) is 2.07. The largest absolute Gasteiger partial charge is 0.352 e. The molecule has 2 aromatic heterocycles. The second kappa shape index (κ2) is 5.08. The van der Waals surface area contributed by atoms with Crippen LogP contribution < -0.4 is 4.90 Å². The van der Waals surface area contributed by atoms with Gasteiger partial charge in [-0.15, -0.1) is 0 Å². The fourth-order valence-electron chi connectivity index (χ4n) is 3.08. The van der Waals surface area contributed by atoms with Gasteiger partial charge in [0.1, 0.15) is 0 Å². The molecule has 6 nitrogen and oxygen atoms in total. The SMILES string of the molecule is O=C(C1CN(c2ncccc2F)C1)N1CCc2nc[nH]c2C1. The van der Waals surface area contributed by atoms with Crippen molar-refractivity contribution in [3.63, 3.8) is 0 Å². The average molecular weight is 301 g/mol. The van der Waals surface area contributed by atoms with Crippen LogP contribution in [0.4, 0.5) is 10.2 Å². The summed E-state index contributed by atoms with van der Waals surface area (Å²) in [5, 5.41) is 0. The number of rotatable bonds is 2. The summed E-state index contributed by atoms with van der Waals surface area (Å²) in [4.78, 5) is 27.6. The van der Waals surface area contributed by atoms with Gasteiger partial charge >= 0.3 is 0 Å². The van der Waals surface area contributed by atoms with Crippen molar-refractivity contribution >= 4 is 11.7 Å². The zero-order valence-electron chi connectivity index (χ0n) is 12.0. The molecular weight excluding hydrogens is 285 g/mol. The molecule has 2 aliphatic rings. The number of carbonyl (C=O) groups is 1. The zero-order valence-corrected chi connectivity index (χ0v) is 12.0. The van der Waals surface area contributed by atoms with Crippen LogP contribution in [-0.2, 0) is 17.8 Å². The minimum atomic E-state index is -0.339. The molecule has 0 unspecified atom stereocenters. The van der Waals surface area contributed by atoms with E-state index in [1.807, 2.05) is 9.80 Å². The lowest BCUT2D eigenvalue weighted by molar-refractivity contribution is -0.137. The van der Waals surface area contributed by atoms with E-state index in [1.165, 1.54) is 6.07 Å². The second-order valence-electron chi connectivity index (χ2n) is 5.75. The van der Waals surface area contributed by atoms with E-state index in [1.54, 1.807) is 18.6 Å². The molecular formula is C15H16FN5O. The van der Waals surface area contributed by atoms with Crippen molar-refractivity contribution in [1.29, 1.82) is 0 Å². The van der Waals surface area contributed by atoms with Gasteiger partial charge in [-0.25, -0.2) is 14.4 Å². The van der Waals surface area contributed by atoms with Crippen LogP contribution in [0.1, 0.15) is 11.4 Å². The molecule has 2 aliphatic heterocycles. The number of hydrogen-bond donors (Lipinski definition) is 1. The van der Waals surface area contributed by atoms with E-state index in [4.69, 9.17) is 0 Å². The Labute approximate surface area is 127 Å². The predicted octanol–water partition coefficient (Wildman–Crippen LogP) is 0.965. The van der Waals surface area contributed by atoms with Crippen molar-refractivity contribution < 1.29 is 9.18 Å². The molecule has 1 N–H and O–H groups in total. The number of carbonyl (C=O) groups excluding carboxylic acids is 1. The average Bonchev–Trinajstić information content (AvgIpc) is 2.95. The number of hydrogen-bond acceptors (Lipinski definition) is 4. The Balaban J connectivity index is 1.39. The van der Waals surface area contributed by atoms with Gasteiger partial charge in [0.15, 0.2) is 11.6 Å². The molecule has 0 bridgehead atoms. The van der Waals surface area contributed by atoms with Gasteiger partial charge in [-0.3, -0.25) is 4.79 Å².